The SMILES string of the molecule is CCNC(=O)NC(=O)[C@@H](c1ccccc1)[NH+](C)Cc1ccsc1. The molecule has 0 aliphatic heterocycles. The molecule has 2 atom stereocenters. The van der Waals surface area contributed by atoms with Crippen molar-refractivity contribution in [1.29, 1.82) is 0 Å². The molecule has 5 nitrogen and oxygen atoms in total. The van der Waals surface area contributed by atoms with Gasteiger partial charge >= 0.3 is 6.03 Å². The van der Waals surface area contributed by atoms with Gasteiger partial charge in [0, 0.05) is 17.7 Å². The van der Waals surface area contributed by atoms with Crippen LogP contribution in [0.15, 0.2) is 47.2 Å². The van der Waals surface area contributed by atoms with Gasteiger partial charge in [0.15, 0.2) is 6.04 Å². The van der Waals surface area contributed by atoms with Gasteiger partial charge in [0.25, 0.3) is 5.91 Å². The summed E-state index contributed by atoms with van der Waals surface area (Å²) in [4.78, 5) is 25.3. The number of amides is 3. The second-order valence-electron chi connectivity index (χ2n) is 5.35. The van der Waals surface area contributed by atoms with Crippen LogP contribution in [0, 0.1) is 0 Å². The van der Waals surface area contributed by atoms with Gasteiger partial charge in [0.05, 0.1) is 7.05 Å². The van der Waals surface area contributed by atoms with E-state index in [1.165, 1.54) is 5.56 Å². The third kappa shape index (κ3) is 4.91. The highest BCUT2D eigenvalue weighted by atomic mass is 32.1. The number of quaternary nitrogens is 1. The van der Waals surface area contributed by atoms with Crippen LogP contribution in [-0.2, 0) is 11.3 Å². The molecule has 3 amide bonds. The van der Waals surface area contributed by atoms with E-state index >= 15 is 0 Å². The van der Waals surface area contributed by atoms with Crippen LogP contribution in [0.1, 0.15) is 24.1 Å². The number of imide groups is 1. The Balaban J connectivity index is 2.17. The lowest BCUT2D eigenvalue weighted by Gasteiger charge is -2.24. The number of nitrogens with one attached hydrogen (secondary N) is 3. The summed E-state index contributed by atoms with van der Waals surface area (Å²) in [6.45, 7) is 3.01. The van der Waals surface area contributed by atoms with Crippen molar-refractivity contribution in [3.05, 3.63) is 58.3 Å². The molecule has 6 heteroatoms. The predicted octanol–water partition coefficient (Wildman–Crippen LogP) is 1.35. The first-order chi connectivity index (χ1) is 11.1. The zero-order valence-electron chi connectivity index (χ0n) is 13.3. The quantitative estimate of drug-likeness (QED) is 0.748. The van der Waals surface area contributed by atoms with Crippen LogP contribution in [0.25, 0.3) is 0 Å². The van der Waals surface area contributed by atoms with Gasteiger partial charge in [-0.3, -0.25) is 10.1 Å². The second kappa shape index (κ2) is 8.45. The molecule has 0 fully saturated rings. The van der Waals surface area contributed by atoms with Gasteiger partial charge in [-0.1, -0.05) is 30.3 Å². The number of thiophene rings is 1. The Kier molecular flexibility index (Phi) is 6.31. The molecular formula is C17H22N3O2S+. The molecule has 23 heavy (non-hydrogen) atoms. The number of hydrogen-bond acceptors (Lipinski definition) is 3. The molecule has 0 saturated heterocycles. The summed E-state index contributed by atoms with van der Waals surface area (Å²) in [5, 5.41) is 9.12. The van der Waals surface area contributed by atoms with Crippen molar-refractivity contribution in [3.63, 3.8) is 0 Å². The molecule has 122 valence electrons. The van der Waals surface area contributed by atoms with Crippen molar-refractivity contribution in [2.75, 3.05) is 13.6 Å². The minimum Gasteiger partial charge on any atom is -0.338 e. The minimum absolute atomic E-state index is 0.296. The van der Waals surface area contributed by atoms with Crippen LogP contribution in [0.4, 0.5) is 4.79 Å². The lowest BCUT2D eigenvalue weighted by atomic mass is 10.0. The molecule has 0 radical (unpaired) electrons. The lowest BCUT2D eigenvalue weighted by molar-refractivity contribution is -0.916. The molecule has 2 rings (SSSR count). The Hall–Kier alpha value is -2.18. The predicted molar refractivity (Wildman–Crippen MR) is 91.3 cm³/mol. The Labute approximate surface area is 140 Å². The van der Waals surface area contributed by atoms with Gasteiger partial charge in [-0.2, -0.15) is 11.3 Å². The number of carbonyl (C=O) groups excluding carboxylic acids is 2. The first kappa shape index (κ1) is 17.2. The van der Waals surface area contributed by atoms with Crippen molar-refractivity contribution in [3.8, 4) is 0 Å². The van der Waals surface area contributed by atoms with Crippen LogP contribution in [0.2, 0.25) is 0 Å². The number of likely N-dealkylation sites (N-methyl/N-ethyl adjacent to an activating group) is 1. The van der Waals surface area contributed by atoms with Gasteiger partial charge in [0.2, 0.25) is 0 Å². The molecular weight excluding hydrogens is 310 g/mol. The van der Waals surface area contributed by atoms with Crippen molar-refractivity contribution < 1.29 is 14.5 Å². The Morgan fingerprint density at radius 3 is 2.57 bits per heavy atom. The van der Waals surface area contributed by atoms with Crippen molar-refractivity contribution >= 4 is 23.3 Å². The zero-order valence-corrected chi connectivity index (χ0v) is 14.2. The summed E-state index contributed by atoms with van der Waals surface area (Å²) < 4.78 is 0. The fraction of sp³-hybridized carbons (Fsp3) is 0.294. The monoisotopic (exact) mass is 332 g/mol. The Morgan fingerprint density at radius 1 is 1.22 bits per heavy atom. The summed E-state index contributed by atoms with van der Waals surface area (Å²) >= 11 is 1.64. The van der Waals surface area contributed by atoms with Crippen LogP contribution in [0.3, 0.4) is 0 Å². The van der Waals surface area contributed by atoms with E-state index in [9.17, 15) is 9.59 Å². The third-order valence-electron chi connectivity index (χ3n) is 3.53. The number of rotatable bonds is 6. The number of urea groups is 1. The highest BCUT2D eigenvalue weighted by Gasteiger charge is 2.30. The topological polar surface area (TPSA) is 62.6 Å². The highest BCUT2D eigenvalue weighted by molar-refractivity contribution is 7.07. The summed E-state index contributed by atoms with van der Waals surface area (Å²) in [5.41, 5.74) is 2.07. The summed E-state index contributed by atoms with van der Waals surface area (Å²) in [7, 11) is 1.96. The maximum Gasteiger partial charge on any atom is 0.321 e. The second-order valence-corrected chi connectivity index (χ2v) is 6.13. The van der Waals surface area contributed by atoms with Crippen LogP contribution in [-0.4, -0.2) is 25.5 Å². The zero-order chi connectivity index (χ0) is 16.7. The Bertz CT molecular complexity index is 629. The van der Waals surface area contributed by atoms with Crippen molar-refractivity contribution in [2.24, 2.45) is 0 Å². The first-order valence-corrected chi connectivity index (χ1v) is 8.53. The average molecular weight is 332 g/mol. The molecule has 1 aromatic heterocycles. The van der Waals surface area contributed by atoms with E-state index in [1.54, 1.807) is 11.3 Å². The van der Waals surface area contributed by atoms with E-state index in [0.717, 1.165) is 10.5 Å². The minimum atomic E-state index is -0.457. The van der Waals surface area contributed by atoms with E-state index in [-0.39, 0.29) is 5.91 Å². The van der Waals surface area contributed by atoms with E-state index < -0.39 is 12.1 Å². The highest BCUT2D eigenvalue weighted by Crippen LogP contribution is 2.11. The average Bonchev–Trinajstić information content (AvgIpc) is 3.01. The van der Waals surface area contributed by atoms with Crippen molar-refractivity contribution in [1.82, 2.24) is 10.6 Å². The number of benzene rings is 1. The van der Waals surface area contributed by atoms with Gasteiger partial charge < -0.3 is 10.2 Å². The maximum absolute atomic E-state index is 12.6. The smallest absolute Gasteiger partial charge is 0.321 e. The lowest BCUT2D eigenvalue weighted by Crippen LogP contribution is -3.09. The van der Waals surface area contributed by atoms with Crippen LogP contribution >= 0.6 is 11.3 Å². The molecule has 3 N–H and O–H groups in total. The Morgan fingerprint density at radius 2 is 1.96 bits per heavy atom. The van der Waals surface area contributed by atoms with E-state index in [1.807, 2.05) is 49.7 Å². The van der Waals surface area contributed by atoms with Crippen molar-refractivity contribution in [2.45, 2.75) is 19.5 Å². The molecule has 0 bridgehead atoms. The normalized spacial score (nSPS) is 13.1. The molecule has 1 unspecified atom stereocenters. The molecule has 0 aliphatic carbocycles. The summed E-state index contributed by atoms with van der Waals surface area (Å²) in [6, 6.07) is 10.7. The molecule has 1 aromatic carbocycles. The third-order valence-corrected chi connectivity index (χ3v) is 4.26. The van der Waals surface area contributed by atoms with Gasteiger partial charge in [-0.05, 0) is 23.8 Å². The van der Waals surface area contributed by atoms with E-state index in [4.69, 9.17) is 0 Å². The molecule has 2 aromatic rings. The van der Waals surface area contributed by atoms with E-state index in [2.05, 4.69) is 22.1 Å². The fourth-order valence-corrected chi connectivity index (χ4v) is 3.18. The van der Waals surface area contributed by atoms with Gasteiger partial charge in [0.1, 0.15) is 6.54 Å². The standard InChI is InChI=1S/C17H21N3O2S/c1-3-18-17(22)19-16(21)15(14-7-5-4-6-8-14)20(2)11-13-9-10-23-12-13/h4-10,12,15H,3,11H2,1-2H3,(H2,18,19,21,22)/p+1/t15-/m1/s1. The number of carbonyl (C=O) groups is 2. The molecule has 0 spiro atoms. The first-order valence-electron chi connectivity index (χ1n) is 7.58. The summed E-state index contributed by atoms with van der Waals surface area (Å²) in [6.07, 6.45) is 0. The molecule has 1 heterocycles. The van der Waals surface area contributed by atoms with Gasteiger partial charge in [-0.25, -0.2) is 4.79 Å². The molecule has 0 aliphatic rings. The molecule has 0 saturated carbocycles. The van der Waals surface area contributed by atoms with E-state index in [0.29, 0.717) is 13.1 Å². The maximum atomic E-state index is 12.6. The summed E-state index contributed by atoms with van der Waals surface area (Å²) in [5.74, 6) is -0.296. The van der Waals surface area contributed by atoms with Gasteiger partial charge in [-0.15, -0.1) is 0 Å². The van der Waals surface area contributed by atoms with Crippen LogP contribution < -0.4 is 15.5 Å². The van der Waals surface area contributed by atoms with Crippen LogP contribution in [0.5, 0.6) is 0 Å². The fourth-order valence-electron chi connectivity index (χ4n) is 2.51. The number of hydrogen-bond donors (Lipinski definition) is 3. The largest absolute Gasteiger partial charge is 0.338 e.